The quantitative estimate of drug-likeness (QED) is 0.175. The number of carbonyl (C=O) groups excluding carboxylic acids is 1. The van der Waals surface area contributed by atoms with Crippen LogP contribution in [0.5, 0.6) is 0 Å². The Kier molecular flexibility index (Phi) is 10.9. The van der Waals surface area contributed by atoms with E-state index in [4.69, 9.17) is 4.74 Å². The first kappa shape index (κ1) is 35.5. The Morgan fingerprint density at radius 3 is 2.41 bits per heavy atom. The molecule has 0 bridgehead atoms. The topological polar surface area (TPSA) is 137 Å². The van der Waals surface area contributed by atoms with E-state index < -0.39 is 36.6 Å². The summed E-state index contributed by atoms with van der Waals surface area (Å²) >= 11 is 0. The first-order valence-corrected chi connectivity index (χ1v) is 18.0. The van der Waals surface area contributed by atoms with Crippen LogP contribution >= 0.6 is 7.14 Å². The first-order chi connectivity index (χ1) is 21.5. The smallest absolute Gasteiger partial charge is 0.421 e. The number of benzene rings is 1. The van der Waals surface area contributed by atoms with Gasteiger partial charge in [0, 0.05) is 36.4 Å². The Bertz CT molecular complexity index is 1540. The molecule has 1 aromatic carbocycles. The molecule has 1 unspecified atom stereocenters. The average molecular weight is 669 g/mol. The third-order valence-corrected chi connectivity index (χ3v) is 9.32. The number of aromatic carboxylic acids is 1. The number of alkyl carbamates (subject to hydrolysis) is 1. The van der Waals surface area contributed by atoms with E-state index in [1.165, 1.54) is 41.2 Å². The van der Waals surface area contributed by atoms with Crippen LogP contribution in [0.4, 0.5) is 18.0 Å². The lowest BCUT2D eigenvalue weighted by atomic mass is 10.1. The predicted molar refractivity (Wildman–Crippen MR) is 173 cm³/mol. The maximum atomic E-state index is 14.4. The normalized spacial score (nSPS) is 19.3. The van der Waals surface area contributed by atoms with E-state index in [-0.39, 0.29) is 41.0 Å². The molecule has 46 heavy (non-hydrogen) atoms. The summed E-state index contributed by atoms with van der Waals surface area (Å²) in [6, 6.07) is 4.50. The number of aromatic nitrogens is 1. The van der Waals surface area contributed by atoms with E-state index in [0.717, 1.165) is 44.9 Å². The van der Waals surface area contributed by atoms with Gasteiger partial charge in [-0.2, -0.15) is 13.2 Å². The molecule has 2 aliphatic rings. The zero-order valence-electron chi connectivity index (χ0n) is 26.9. The van der Waals surface area contributed by atoms with Gasteiger partial charge in [-0.05, 0) is 84.9 Å². The maximum absolute atomic E-state index is 14.4. The van der Waals surface area contributed by atoms with Crippen LogP contribution in [0.1, 0.15) is 69.7 Å². The largest absolute Gasteiger partial charge is 0.478 e. The van der Waals surface area contributed by atoms with Gasteiger partial charge in [-0.25, -0.2) is 15.0 Å². The summed E-state index contributed by atoms with van der Waals surface area (Å²) in [4.78, 5) is 27.8. The molecule has 4 N–H and O–H groups in total. The Labute approximate surface area is 267 Å². The lowest BCUT2D eigenvalue weighted by molar-refractivity contribution is -0.0867. The van der Waals surface area contributed by atoms with Crippen LogP contribution < -0.4 is 21.4 Å². The van der Waals surface area contributed by atoms with Crippen molar-refractivity contribution in [1.82, 2.24) is 25.6 Å². The summed E-state index contributed by atoms with van der Waals surface area (Å²) in [5.74, 6) is -1.55. The third-order valence-electron chi connectivity index (χ3n) is 7.79. The number of allylic oxidation sites excluding steroid dienone is 1. The minimum absolute atomic E-state index is 0.0183. The summed E-state index contributed by atoms with van der Waals surface area (Å²) < 4.78 is 63.2. The molecule has 15 heteroatoms. The number of carboxylic acid groups (broad SMARTS) is 1. The van der Waals surface area contributed by atoms with Gasteiger partial charge in [-0.15, -0.1) is 0 Å². The molecule has 4 rings (SSSR count). The van der Waals surface area contributed by atoms with Crippen LogP contribution in [-0.4, -0.2) is 89.9 Å². The molecule has 1 aliphatic heterocycles. The Hall–Kier alpha value is -3.35. The zero-order valence-corrected chi connectivity index (χ0v) is 27.8. The molecule has 2 atom stereocenters. The molecule has 1 aromatic heterocycles. The number of halogens is 3. The number of nitrogens with zero attached hydrogens (tertiary/aromatic N) is 3. The van der Waals surface area contributed by atoms with Gasteiger partial charge in [0.05, 0.1) is 16.4 Å². The van der Waals surface area contributed by atoms with Crippen molar-refractivity contribution in [2.75, 3.05) is 33.1 Å². The maximum Gasteiger partial charge on any atom is 0.421 e. The van der Waals surface area contributed by atoms with Gasteiger partial charge in [-0.3, -0.25) is 10.0 Å². The van der Waals surface area contributed by atoms with Gasteiger partial charge in [0.1, 0.15) is 30.8 Å². The lowest BCUT2D eigenvalue weighted by Crippen LogP contribution is -2.47. The number of rotatable bonds is 12. The van der Waals surface area contributed by atoms with Crippen molar-refractivity contribution in [2.45, 2.75) is 83.2 Å². The van der Waals surface area contributed by atoms with E-state index in [1.54, 1.807) is 6.07 Å². The molecule has 0 spiro atoms. The molecule has 1 saturated carbocycles. The van der Waals surface area contributed by atoms with Gasteiger partial charge < -0.3 is 29.6 Å². The van der Waals surface area contributed by atoms with Gasteiger partial charge in [0.25, 0.3) is 0 Å². The zero-order chi connectivity index (χ0) is 33.9. The number of amides is 1. The van der Waals surface area contributed by atoms with E-state index in [2.05, 4.69) is 21.1 Å². The van der Waals surface area contributed by atoms with Crippen molar-refractivity contribution in [1.29, 1.82) is 0 Å². The average Bonchev–Trinajstić information content (AvgIpc) is 3.56. The summed E-state index contributed by atoms with van der Waals surface area (Å²) in [5, 5.41) is 18.0. The number of nitrogens with one attached hydrogen (secondary N) is 3. The van der Waals surface area contributed by atoms with Crippen molar-refractivity contribution in [3.8, 4) is 0 Å². The second kappa shape index (κ2) is 14.2. The highest BCUT2D eigenvalue weighted by Gasteiger charge is 2.41. The Balaban J connectivity index is 1.44. The Morgan fingerprint density at radius 2 is 1.76 bits per heavy atom. The molecule has 2 aromatic rings. The number of fused-ring (bicyclic) bond motifs is 1. The molecule has 0 radical (unpaired) electrons. The standard InChI is InChI=1S/C31H44F3N6O5P/c1-30(2,3)45-29(43)37-15-8-6-7-14-36-21-10-11-22(17-21)38-40-19-35-18-24(31(32,33)34)27(40)39-16-13-20-9-12-23(28(41)42)26(25(20)39)46(4,5)44/h9,12-13,16,18,21-22,36,38H,6-8,10-11,14-15,17,19H2,1-5H3,(H,37,43)(H,41,42)/t21?,22-/m0/s1. The second-order valence-electron chi connectivity index (χ2n) is 13.1. The minimum Gasteiger partial charge on any atom is -0.478 e. The molecule has 1 aliphatic carbocycles. The highest BCUT2D eigenvalue weighted by atomic mass is 31.2. The highest BCUT2D eigenvalue weighted by molar-refractivity contribution is 7.70. The number of carbonyl (C=O) groups is 2. The van der Waals surface area contributed by atoms with E-state index in [9.17, 15) is 32.4 Å². The molecule has 254 valence electrons. The molecular weight excluding hydrogens is 624 g/mol. The van der Waals surface area contributed by atoms with Gasteiger partial charge >= 0.3 is 18.2 Å². The molecule has 11 nitrogen and oxygen atoms in total. The minimum atomic E-state index is -4.76. The van der Waals surface area contributed by atoms with Gasteiger partial charge in [0.15, 0.2) is 0 Å². The third kappa shape index (κ3) is 8.92. The van der Waals surface area contributed by atoms with Crippen LogP contribution in [-0.2, 0) is 9.30 Å². The number of alkyl halides is 3. The number of hydrogen-bond donors (Lipinski definition) is 4. The second-order valence-corrected chi connectivity index (χ2v) is 16.3. The first-order valence-electron chi connectivity index (χ1n) is 15.4. The number of unbranched alkanes of at least 4 members (excludes halogenated alkanes) is 2. The summed E-state index contributed by atoms with van der Waals surface area (Å²) in [6.45, 7) is 9.48. The number of ether oxygens (including phenoxy) is 1. The summed E-state index contributed by atoms with van der Waals surface area (Å²) in [6.07, 6.45) is 1.95. The van der Waals surface area contributed by atoms with E-state index in [1.807, 2.05) is 20.8 Å². The van der Waals surface area contributed by atoms with E-state index in [0.29, 0.717) is 18.4 Å². The van der Waals surface area contributed by atoms with Crippen molar-refractivity contribution in [2.24, 2.45) is 4.99 Å². The number of aliphatic imine (C=N–C) groups is 1. The molecule has 0 saturated heterocycles. The van der Waals surface area contributed by atoms with E-state index >= 15 is 0 Å². The number of hydrogen-bond acceptors (Lipinski definition) is 8. The lowest BCUT2D eigenvalue weighted by Gasteiger charge is -2.34. The van der Waals surface area contributed by atoms with Crippen molar-refractivity contribution in [3.63, 3.8) is 0 Å². The van der Waals surface area contributed by atoms with Crippen LogP contribution in [0.15, 0.2) is 35.0 Å². The highest BCUT2D eigenvalue weighted by Crippen LogP contribution is 2.41. The van der Waals surface area contributed by atoms with Crippen molar-refractivity contribution >= 4 is 47.4 Å². The molecule has 1 fully saturated rings. The fourth-order valence-electron chi connectivity index (χ4n) is 5.89. The van der Waals surface area contributed by atoms with Crippen LogP contribution in [0, 0.1) is 0 Å². The van der Waals surface area contributed by atoms with Crippen LogP contribution in [0.2, 0.25) is 0 Å². The Morgan fingerprint density at radius 1 is 1.07 bits per heavy atom. The number of carboxylic acids is 1. The van der Waals surface area contributed by atoms with Crippen molar-refractivity contribution in [3.05, 3.63) is 35.5 Å². The summed E-state index contributed by atoms with van der Waals surface area (Å²) in [7, 11) is -3.26. The predicted octanol–water partition coefficient (Wildman–Crippen LogP) is 5.37. The van der Waals surface area contributed by atoms with Crippen LogP contribution in [0.3, 0.4) is 0 Å². The molecular formula is C31H44F3N6O5P. The van der Waals surface area contributed by atoms with Gasteiger partial charge in [-0.1, -0.05) is 12.5 Å². The fraction of sp³-hybridized carbons (Fsp3) is 0.581. The van der Waals surface area contributed by atoms with Crippen molar-refractivity contribution < 1.29 is 37.2 Å². The van der Waals surface area contributed by atoms with Gasteiger partial charge in [0.2, 0.25) is 0 Å². The summed E-state index contributed by atoms with van der Waals surface area (Å²) in [5.41, 5.74) is 1.69. The molecule has 2 heterocycles. The SMILES string of the molecule is CC(C)(C)OC(=O)NCCCCCNC1CC[C@H](NN2CN=CC(C(F)(F)F)=C2n2ccc3ccc(C(=O)O)c(P(C)(C)=O)c32)C1. The fourth-order valence-corrected chi connectivity index (χ4v) is 7.39. The monoisotopic (exact) mass is 668 g/mol. The van der Waals surface area contributed by atoms with Crippen LogP contribution in [0.25, 0.3) is 16.7 Å². The molecule has 1 amide bonds. The number of hydrazine groups is 1.